The average molecular weight is 210 g/mol. The number of alkyl halides is 1. The highest BCUT2D eigenvalue weighted by Gasteiger charge is 2.16. The van der Waals surface area contributed by atoms with Gasteiger partial charge >= 0.3 is 11.9 Å². The molecule has 0 aliphatic heterocycles. The number of nitrogens with one attached hydrogen (secondary N) is 1. The number of carboxylic acid groups (broad SMARTS) is 2. The standard InChI is InChI=1S/C7H12ClNO4/c8-3-4-9-5(7(12)13)1-2-6(10)11/h5,9H,1-4H2,(H,10,11)(H,12,13). The van der Waals surface area contributed by atoms with E-state index in [-0.39, 0.29) is 12.8 Å². The molecule has 0 rings (SSSR count). The van der Waals surface area contributed by atoms with Crippen molar-refractivity contribution in [3.05, 3.63) is 0 Å². The van der Waals surface area contributed by atoms with Gasteiger partial charge in [0.25, 0.3) is 0 Å². The Morgan fingerprint density at radius 2 is 2.00 bits per heavy atom. The van der Waals surface area contributed by atoms with Crippen molar-refractivity contribution in [2.45, 2.75) is 18.9 Å². The quantitative estimate of drug-likeness (QED) is 0.519. The molecule has 0 saturated heterocycles. The maximum Gasteiger partial charge on any atom is 0.320 e. The van der Waals surface area contributed by atoms with E-state index in [4.69, 9.17) is 21.8 Å². The zero-order valence-corrected chi connectivity index (χ0v) is 7.75. The Bertz CT molecular complexity index is 185. The van der Waals surface area contributed by atoms with Gasteiger partial charge in [0.15, 0.2) is 0 Å². The molecule has 0 aromatic rings. The van der Waals surface area contributed by atoms with Crippen LogP contribution in [0.4, 0.5) is 0 Å². The molecule has 1 unspecified atom stereocenters. The fourth-order valence-electron chi connectivity index (χ4n) is 0.809. The Kier molecular flexibility index (Phi) is 6.26. The lowest BCUT2D eigenvalue weighted by atomic mass is 10.1. The fourth-order valence-corrected chi connectivity index (χ4v) is 0.919. The van der Waals surface area contributed by atoms with Gasteiger partial charge in [-0.1, -0.05) is 0 Å². The Hall–Kier alpha value is -0.810. The van der Waals surface area contributed by atoms with Gasteiger partial charge in [-0.25, -0.2) is 0 Å². The third-order valence-electron chi connectivity index (χ3n) is 1.43. The summed E-state index contributed by atoms with van der Waals surface area (Å²) in [5, 5.41) is 19.6. The SMILES string of the molecule is O=C(O)CCC(NCCCl)C(=O)O. The van der Waals surface area contributed by atoms with Gasteiger partial charge in [0.2, 0.25) is 0 Å². The Balaban J connectivity index is 3.80. The number of halogens is 1. The number of hydrogen-bond acceptors (Lipinski definition) is 3. The number of aliphatic carboxylic acids is 2. The summed E-state index contributed by atoms with van der Waals surface area (Å²) in [5.74, 6) is -1.75. The van der Waals surface area contributed by atoms with Crippen LogP contribution in [0, 0.1) is 0 Å². The lowest BCUT2D eigenvalue weighted by Gasteiger charge is -2.11. The first kappa shape index (κ1) is 12.2. The van der Waals surface area contributed by atoms with Crippen LogP contribution in [0.25, 0.3) is 0 Å². The molecule has 5 nitrogen and oxygen atoms in total. The molecule has 0 radical (unpaired) electrons. The van der Waals surface area contributed by atoms with Crippen LogP contribution < -0.4 is 5.32 Å². The summed E-state index contributed by atoms with van der Waals surface area (Å²) in [6.45, 7) is 0.359. The fraction of sp³-hybridized carbons (Fsp3) is 0.714. The molecular weight excluding hydrogens is 198 g/mol. The van der Waals surface area contributed by atoms with E-state index in [1.165, 1.54) is 0 Å². The van der Waals surface area contributed by atoms with Crippen molar-refractivity contribution in [1.82, 2.24) is 5.32 Å². The summed E-state index contributed by atoms with van der Waals surface area (Å²) in [6.07, 6.45) is -0.0895. The molecule has 0 heterocycles. The molecule has 0 aliphatic rings. The molecule has 1 atom stereocenters. The van der Waals surface area contributed by atoms with Gasteiger partial charge in [-0.3, -0.25) is 9.59 Å². The molecule has 0 aromatic carbocycles. The smallest absolute Gasteiger partial charge is 0.320 e. The number of hydrogen-bond donors (Lipinski definition) is 3. The summed E-state index contributed by atoms with van der Waals surface area (Å²) in [5.41, 5.74) is 0. The molecule has 0 spiro atoms. The molecule has 0 bridgehead atoms. The van der Waals surface area contributed by atoms with Crippen molar-refractivity contribution in [3.63, 3.8) is 0 Å². The number of carbonyl (C=O) groups is 2. The highest BCUT2D eigenvalue weighted by Crippen LogP contribution is 1.97. The Morgan fingerprint density at radius 3 is 2.38 bits per heavy atom. The van der Waals surface area contributed by atoms with E-state index in [9.17, 15) is 9.59 Å². The van der Waals surface area contributed by atoms with Crippen molar-refractivity contribution in [1.29, 1.82) is 0 Å². The number of carboxylic acids is 2. The van der Waals surface area contributed by atoms with Gasteiger partial charge < -0.3 is 15.5 Å². The van der Waals surface area contributed by atoms with Crippen molar-refractivity contribution in [3.8, 4) is 0 Å². The first-order chi connectivity index (χ1) is 6.07. The average Bonchev–Trinajstić information content (AvgIpc) is 2.03. The monoisotopic (exact) mass is 209 g/mol. The second kappa shape index (κ2) is 6.68. The van der Waals surface area contributed by atoms with E-state index in [0.29, 0.717) is 12.4 Å². The van der Waals surface area contributed by atoms with Crippen molar-refractivity contribution in [2.75, 3.05) is 12.4 Å². The lowest BCUT2D eigenvalue weighted by molar-refractivity contribution is -0.140. The maximum atomic E-state index is 10.5. The molecule has 0 fully saturated rings. The van der Waals surface area contributed by atoms with Gasteiger partial charge in [-0.15, -0.1) is 11.6 Å². The minimum absolute atomic E-state index is 0.0710. The third-order valence-corrected chi connectivity index (χ3v) is 1.62. The first-order valence-corrected chi connectivity index (χ1v) is 4.35. The summed E-state index contributed by atoms with van der Waals surface area (Å²) in [6, 6.07) is -0.824. The molecule has 3 N–H and O–H groups in total. The van der Waals surface area contributed by atoms with Crippen LogP contribution in [-0.4, -0.2) is 40.6 Å². The molecule has 0 saturated carbocycles. The summed E-state index contributed by atoms with van der Waals surface area (Å²) in [7, 11) is 0. The van der Waals surface area contributed by atoms with Gasteiger partial charge in [0.05, 0.1) is 0 Å². The van der Waals surface area contributed by atoms with Crippen LogP contribution >= 0.6 is 11.6 Å². The van der Waals surface area contributed by atoms with E-state index in [1.807, 2.05) is 0 Å². The van der Waals surface area contributed by atoms with Crippen molar-refractivity contribution < 1.29 is 19.8 Å². The molecular formula is C7H12ClNO4. The van der Waals surface area contributed by atoms with E-state index >= 15 is 0 Å². The predicted octanol–water partition coefficient (Wildman–Crippen LogP) is 0.133. The highest BCUT2D eigenvalue weighted by atomic mass is 35.5. The molecule has 0 aromatic heterocycles. The van der Waals surface area contributed by atoms with Crippen LogP contribution in [0.5, 0.6) is 0 Å². The zero-order chi connectivity index (χ0) is 10.3. The largest absolute Gasteiger partial charge is 0.481 e. The van der Waals surface area contributed by atoms with Crippen LogP contribution in [-0.2, 0) is 9.59 Å². The van der Waals surface area contributed by atoms with Gasteiger partial charge in [-0.2, -0.15) is 0 Å². The van der Waals surface area contributed by atoms with Crippen molar-refractivity contribution in [2.24, 2.45) is 0 Å². The first-order valence-electron chi connectivity index (χ1n) is 3.82. The minimum atomic E-state index is -1.05. The second-order valence-electron chi connectivity index (χ2n) is 2.47. The van der Waals surface area contributed by atoms with Crippen LogP contribution in [0.15, 0.2) is 0 Å². The number of rotatable bonds is 7. The van der Waals surface area contributed by atoms with Crippen LogP contribution in [0.1, 0.15) is 12.8 Å². The van der Waals surface area contributed by atoms with E-state index in [2.05, 4.69) is 5.32 Å². The second-order valence-corrected chi connectivity index (χ2v) is 2.84. The van der Waals surface area contributed by atoms with Gasteiger partial charge in [0, 0.05) is 18.8 Å². The molecule has 13 heavy (non-hydrogen) atoms. The lowest BCUT2D eigenvalue weighted by Crippen LogP contribution is -2.38. The molecule has 6 heteroatoms. The summed E-state index contributed by atoms with van der Waals surface area (Å²) >= 11 is 5.34. The molecule has 0 amide bonds. The van der Waals surface area contributed by atoms with Gasteiger partial charge in [-0.05, 0) is 6.42 Å². The van der Waals surface area contributed by atoms with Crippen LogP contribution in [0.2, 0.25) is 0 Å². The molecule has 76 valence electrons. The normalized spacial score (nSPS) is 12.4. The minimum Gasteiger partial charge on any atom is -0.481 e. The Labute approximate surface area is 80.7 Å². The van der Waals surface area contributed by atoms with E-state index in [0.717, 1.165) is 0 Å². The molecule has 0 aliphatic carbocycles. The zero-order valence-electron chi connectivity index (χ0n) is 6.99. The van der Waals surface area contributed by atoms with Gasteiger partial charge in [0.1, 0.15) is 6.04 Å². The Morgan fingerprint density at radius 1 is 1.38 bits per heavy atom. The third kappa shape index (κ3) is 6.36. The maximum absolute atomic E-state index is 10.5. The topological polar surface area (TPSA) is 86.6 Å². The predicted molar refractivity (Wildman–Crippen MR) is 47.0 cm³/mol. The highest BCUT2D eigenvalue weighted by molar-refractivity contribution is 6.18. The summed E-state index contributed by atoms with van der Waals surface area (Å²) < 4.78 is 0. The summed E-state index contributed by atoms with van der Waals surface area (Å²) in [4.78, 5) is 20.7. The van der Waals surface area contributed by atoms with Crippen molar-refractivity contribution >= 4 is 23.5 Å². The van der Waals surface area contributed by atoms with E-state index in [1.54, 1.807) is 0 Å². The van der Waals surface area contributed by atoms with Crippen LogP contribution in [0.3, 0.4) is 0 Å². The van der Waals surface area contributed by atoms with E-state index < -0.39 is 18.0 Å².